The van der Waals surface area contributed by atoms with Crippen LogP contribution in [0.1, 0.15) is 31.6 Å². The second kappa shape index (κ2) is 6.87. The maximum absolute atomic E-state index is 12.8. The Morgan fingerprint density at radius 1 is 1.32 bits per heavy atom. The lowest BCUT2D eigenvalue weighted by Crippen LogP contribution is -2.48. The fourth-order valence-electron chi connectivity index (χ4n) is 3.20. The number of nitrogens with zero attached hydrogens (tertiary/aromatic N) is 5. The van der Waals surface area contributed by atoms with Crippen molar-refractivity contribution in [1.29, 1.82) is 0 Å². The number of carbonyl (C=O) groups is 1. The van der Waals surface area contributed by atoms with Crippen LogP contribution >= 0.6 is 11.8 Å². The molecular weight excluding hydrogens is 302 g/mol. The summed E-state index contributed by atoms with van der Waals surface area (Å²) in [6.45, 7) is 6.34. The van der Waals surface area contributed by atoms with Crippen molar-refractivity contribution < 1.29 is 9.53 Å². The second-order valence-electron chi connectivity index (χ2n) is 5.52. The van der Waals surface area contributed by atoms with Crippen LogP contribution in [0.5, 0.6) is 0 Å². The van der Waals surface area contributed by atoms with Crippen molar-refractivity contribution >= 4 is 17.8 Å². The van der Waals surface area contributed by atoms with E-state index >= 15 is 0 Å². The molecule has 3 heterocycles. The Morgan fingerprint density at radius 3 is 2.77 bits per heavy atom. The van der Waals surface area contributed by atoms with Gasteiger partial charge in [0.1, 0.15) is 0 Å². The van der Waals surface area contributed by atoms with Crippen molar-refractivity contribution in [2.24, 2.45) is 0 Å². The number of urea groups is 1. The number of likely N-dealkylation sites (tertiary alicyclic amines) is 1. The van der Waals surface area contributed by atoms with Gasteiger partial charge in [-0.15, -0.1) is 10.2 Å². The first-order valence-electron chi connectivity index (χ1n) is 7.86. The summed E-state index contributed by atoms with van der Waals surface area (Å²) in [6.07, 6.45) is 3.99. The molecule has 7 nitrogen and oxygen atoms in total. The summed E-state index contributed by atoms with van der Waals surface area (Å²) in [6, 6.07) is 0.158. The van der Waals surface area contributed by atoms with Gasteiger partial charge in [-0.05, 0) is 26.0 Å². The van der Waals surface area contributed by atoms with E-state index < -0.39 is 0 Å². The molecule has 0 aliphatic carbocycles. The molecule has 1 aromatic rings. The van der Waals surface area contributed by atoms with Crippen LogP contribution in [-0.4, -0.2) is 69.7 Å². The van der Waals surface area contributed by atoms with Crippen LogP contribution in [0.15, 0.2) is 5.16 Å². The highest BCUT2D eigenvalue weighted by atomic mass is 32.2. The first kappa shape index (κ1) is 15.6. The molecule has 22 heavy (non-hydrogen) atoms. The fraction of sp³-hybridized carbons (Fsp3) is 0.786. The number of carbonyl (C=O) groups excluding carboxylic acids is 1. The Balaban J connectivity index is 1.80. The first-order chi connectivity index (χ1) is 10.8. The van der Waals surface area contributed by atoms with E-state index in [4.69, 9.17) is 4.74 Å². The quantitative estimate of drug-likeness (QED) is 0.790. The molecule has 1 atom stereocenters. The van der Waals surface area contributed by atoms with Crippen LogP contribution in [-0.2, 0) is 11.3 Å². The minimum atomic E-state index is 0.0451. The van der Waals surface area contributed by atoms with Gasteiger partial charge in [0.2, 0.25) is 0 Å². The molecule has 2 amide bonds. The molecule has 2 saturated heterocycles. The molecule has 2 fully saturated rings. The number of amides is 2. The van der Waals surface area contributed by atoms with Crippen molar-refractivity contribution in [3.8, 4) is 0 Å². The van der Waals surface area contributed by atoms with Gasteiger partial charge in [-0.3, -0.25) is 0 Å². The van der Waals surface area contributed by atoms with Crippen molar-refractivity contribution in [3.63, 3.8) is 0 Å². The average Bonchev–Trinajstić information content (AvgIpc) is 3.20. The van der Waals surface area contributed by atoms with Gasteiger partial charge in [-0.2, -0.15) is 0 Å². The van der Waals surface area contributed by atoms with Gasteiger partial charge in [-0.25, -0.2) is 4.79 Å². The molecule has 0 unspecified atom stereocenters. The molecule has 3 rings (SSSR count). The number of hydrogen-bond acceptors (Lipinski definition) is 5. The molecule has 0 radical (unpaired) electrons. The lowest BCUT2D eigenvalue weighted by Gasteiger charge is -2.33. The Kier molecular flexibility index (Phi) is 4.87. The van der Waals surface area contributed by atoms with E-state index in [9.17, 15) is 4.79 Å². The Hall–Kier alpha value is -1.28. The Morgan fingerprint density at radius 2 is 2.09 bits per heavy atom. The van der Waals surface area contributed by atoms with Gasteiger partial charge in [0.05, 0.1) is 19.3 Å². The summed E-state index contributed by atoms with van der Waals surface area (Å²) in [5.74, 6) is 0.922. The minimum Gasteiger partial charge on any atom is -0.378 e. The van der Waals surface area contributed by atoms with E-state index in [1.807, 2.05) is 16.1 Å². The zero-order valence-corrected chi connectivity index (χ0v) is 14.0. The zero-order chi connectivity index (χ0) is 15.5. The van der Waals surface area contributed by atoms with Crippen LogP contribution in [0.2, 0.25) is 0 Å². The third-order valence-electron chi connectivity index (χ3n) is 4.32. The molecular formula is C14H23N5O2S. The summed E-state index contributed by atoms with van der Waals surface area (Å²) in [7, 11) is 0. The number of thioether (sulfide) groups is 1. The molecule has 0 aromatic carbocycles. The molecule has 0 spiro atoms. The van der Waals surface area contributed by atoms with Crippen molar-refractivity contribution in [1.82, 2.24) is 24.6 Å². The maximum atomic E-state index is 12.8. The molecule has 2 aliphatic rings. The van der Waals surface area contributed by atoms with E-state index in [-0.39, 0.29) is 12.1 Å². The normalized spacial score (nSPS) is 22.4. The van der Waals surface area contributed by atoms with Crippen LogP contribution < -0.4 is 0 Å². The molecule has 2 aliphatic heterocycles. The highest BCUT2D eigenvalue weighted by molar-refractivity contribution is 7.98. The van der Waals surface area contributed by atoms with Crippen LogP contribution in [0.3, 0.4) is 0 Å². The molecule has 0 saturated carbocycles. The average molecular weight is 325 g/mol. The van der Waals surface area contributed by atoms with Crippen LogP contribution in [0.25, 0.3) is 0 Å². The van der Waals surface area contributed by atoms with Gasteiger partial charge in [0.25, 0.3) is 0 Å². The van der Waals surface area contributed by atoms with Crippen molar-refractivity contribution in [2.75, 3.05) is 39.1 Å². The monoisotopic (exact) mass is 325 g/mol. The largest absolute Gasteiger partial charge is 0.378 e. The summed E-state index contributed by atoms with van der Waals surface area (Å²) in [4.78, 5) is 16.7. The second-order valence-corrected chi connectivity index (χ2v) is 6.30. The van der Waals surface area contributed by atoms with E-state index in [0.717, 1.165) is 36.9 Å². The minimum absolute atomic E-state index is 0.0451. The van der Waals surface area contributed by atoms with Gasteiger partial charge in [0.15, 0.2) is 11.0 Å². The van der Waals surface area contributed by atoms with Crippen LogP contribution in [0.4, 0.5) is 4.79 Å². The number of aromatic nitrogens is 3. The third-order valence-corrected chi connectivity index (χ3v) is 4.99. The van der Waals surface area contributed by atoms with E-state index in [2.05, 4.69) is 21.7 Å². The molecule has 0 bridgehead atoms. The Labute approximate surface area is 135 Å². The molecule has 8 heteroatoms. The van der Waals surface area contributed by atoms with Gasteiger partial charge < -0.3 is 19.1 Å². The standard InChI is InChI=1S/C14H23N5O2S/c1-3-18-12(15-16-13(18)22-2)11-5-4-6-19(11)14(20)17-7-9-21-10-8-17/h11H,3-10H2,1-2H3/t11-/m0/s1. The van der Waals surface area contributed by atoms with E-state index in [1.165, 1.54) is 0 Å². The summed E-state index contributed by atoms with van der Waals surface area (Å²) in [5, 5.41) is 9.55. The Bertz CT molecular complexity index is 529. The van der Waals surface area contributed by atoms with Crippen molar-refractivity contribution in [2.45, 2.75) is 37.5 Å². The predicted molar refractivity (Wildman–Crippen MR) is 83.9 cm³/mol. The number of hydrogen-bond donors (Lipinski definition) is 0. The number of ether oxygens (including phenoxy) is 1. The number of rotatable bonds is 3. The molecule has 1 aromatic heterocycles. The van der Waals surface area contributed by atoms with E-state index in [1.54, 1.807) is 11.8 Å². The lowest BCUT2D eigenvalue weighted by molar-refractivity contribution is 0.0417. The van der Waals surface area contributed by atoms with Crippen molar-refractivity contribution in [3.05, 3.63) is 5.82 Å². The zero-order valence-electron chi connectivity index (χ0n) is 13.2. The predicted octanol–water partition coefficient (Wildman–Crippen LogP) is 1.61. The maximum Gasteiger partial charge on any atom is 0.320 e. The third kappa shape index (κ3) is 2.81. The molecule has 0 N–H and O–H groups in total. The van der Waals surface area contributed by atoms with Gasteiger partial charge >= 0.3 is 6.03 Å². The topological polar surface area (TPSA) is 63.5 Å². The summed E-state index contributed by atoms with van der Waals surface area (Å²) >= 11 is 1.60. The molecule has 122 valence electrons. The van der Waals surface area contributed by atoms with Gasteiger partial charge in [-0.1, -0.05) is 11.8 Å². The smallest absolute Gasteiger partial charge is 0.320 e. The number of morpholine rings is 1. The van der Waals surface area contributed by atoms with E-state index in [0.29, 0.717) is 26.3 Å². The highest BCUT2D eigenvalue weighted by Gasteiger charge is 2.36. The van der Waals surface area contributed by atoms with Crippen LogP contribution in [0, 0.1) is 0 Å². The fourth-order valence-corrected chi connectivity index (χ4v) is 3.76. The summed E-state index contributed by atoms with van der Waals surface area (Å²) in [5.41, 5.74) is 0. The summed E-state index contributed by atoms with van der Waals surface area (Å²) < 4.78 is 7.46. The first-order valence-corrected chi connectivity index (χ1v) is 9.09. The highest BCUT2D eigenvalue weighted by Crippen LogP contribution is 2.33. The lowest BCUT2D eigenvalue weighted by atomic mass is 10.2. The van der Waals surface area contributed by atoms with Gasteiger partial charge in [0, 0.05) is 26.2 Å². The SMILES string of the molecule is CCn1c(SC)nnc1[C@@H]1CCCN1C(=O)N1CCOCC1.